The number of carbonyl (C=O) groups excluding carboxylic acids is 1. The van der Waals surface area contributed by atoms with Gasteiger partial charge in [-0.25, -0.2) is 5.01 Å². The van der Waals surface area contributed by atoms with Gasteiger partial charge in [0.2, 0.25) is 0 Å². The number of nitrogens with zero attached hydrogens (tertiary/aromatic N) is 2. The summed E-state index contributed by atoms with van der Waals surface area (Å²) in [5, 5.41) is 10.9. The fourth-order valence-electron chi connectivity index (χ4n) is 3.46. The van der Waals surface area contributed by atoms with Gasteiger partial charge in [-0.3, -0.25) is 14.3 Å². The minimum Gasteiger partial charge on any atom is -0.481 e. The van der Waals surface area contributed by atoms with Crippen LogP contribution in [0.3, 0.4) is 0 Å². The number of thioether (sulfide) groups is 1. The Labute approximate surface area is 137 Å². The number of amides is 1. The van der Waals surface area contributed by atoms with Crippen molar-refractivity contribution in [2.24, 2.45) is 0 Å². The maximum absolute atomic E-state index is 12.7. The fourth-order valence-corrected chi connectivity index (χ4v) is 4.71. The molecule has 0 saturated heterocycles. The number of aromatic nitrogens is 1. The molecule has 1 amide bonds. The summed E-state index contributed by atoms with van der Waals surface area (Å²) in [5.41, 5.74) is 2.91. The van der Waals surface area contributed by atoms with Crippen LogP contribution in [-0.4, -0.2) is 27.4 Å². The Kier molecular flexibility index (Phi) is 3.41. The molecule has 4 rings (SSSR count). The molecule has 1 aromatic carbocycles. The molecule has 2 atom stereocenters. The summed E-state index contributed by atoms with van der Waals surface area (Å²) in [6.07, 6.45) is 2.89. The van der Waals surface area contributed by atoms with Crippen LogP contribution >= 0.6 is 11.8 Å². The number of benzene rings is 1. The molecule has 0 aliphatic carbocycles. The zero-order valence-corrected chi connectivity index (χ0v) is 13.2. The van der Waals surface area contributed by atoms with E-state index < -0.39 is 5.97 Å². The average Bonchev–Trinajstić information content (AvgIpc) is 3.12. The van der Waals surface area contributed by atoms with E-state index in [-0.39, 0.29) is 23.6 Å². The highest BCUT2D eigenvalue weighted by Gasteiger charge is 2.43. The van der Waals surface area contributed by atoms with E-state index in [0.717, 1.165) is 23.2 Å². The van der Waals surface area contributed by atoms with Crippen LogP contribution in [0.4, 0.5) is 0 Å². The maximum Gasteiger partial charge on any atom is 0.304 e. The lowest BCUT2D eigenvalue weighted by atomic mass is 9.99. The molecule has 0 spiro atoms. The first-order valence-electron chi connectivity index (χ1n) is 7.60. The summed E-state index contributed by atoms with van der Waals surface area (Å²) < 4.78 is 1.94. The molecule has 23 heavy (non-hydrogen) atoms. The first kappa shape index (κ1) is 14.4. The first-order chi connectivity index (χ1) is 11.2. The molecule has 118 valence electrons. The van der Waals surface area contributed by atoms with Crippen molar-refractivity contribution in [2.45, 2.75) is 24.1 Å². The lowest BCUT2D eigenvalue weighted by Crippen LogP contribution is -2.42. The topological polar surface area (TPSA) is 62.5 Å². The molecule has 5 nitrogen and oxygen atoms in total. The number of fused-ring (bicyclic) bond motifs is 5. The number of carboxylic acids is 1. The minimum atomic E-state index is -0.772. The van der Waals surface area contributed by atoms with Crippen LogP contribution in [0.2, 0.25) is 0 Å². The average molecular weight is 328 g/mol. The van der Waals surface area contributed by atoms with Crippen LogP contribution in [0.1, 0.15) is 45.7 Å². The van der Waals surface area contributed by atoms with E-state index in [1.165, 1.54) is 0 Å². The Bertz CT molecular complexity index is 786. The van der Waals surface area contributed by atoms with E-state index in [2.05, 4.69) is 0 Å². The van der Waals surface area contributed by atoms with Crippen molar-refractivity contribution in [3.8, 4) is 0 Å². The number of hydrogen-bond acceptors (Lipinski definition) is 3. The van der Waals surface area contributed by atoms with Crippen LogP contribution in [0.5, 0.6) is 0 Å². The highest BCUT2D eigenvalue weighted by Crippen LogP contribution is 2.47. The molecule has 0 saturated carbocycles. The van der Waals surface area contributed by atoms with Crippen LogP contribution in [0.25, 0.3) is 0 Å². The maximum atomic E-state index is 12.7. The smallest absolute Gasteiger partial charge is 0.304 e. The van der Waals surface area contributed by atoms with E-state index in [1.807, 2.05) is 52.3 Å². The predicted molar refractivity (Wildman–Crippen MR) is 88.2 cm³/mol. The van der Waals surface area contributed by atoms with Gasteiger partial charge in [0.15, 0.2) is 0 Å². The summed E-state index contributed by atoms with van der Waals surface area (Å²) in [6, 6.07) is 11.7. The molecule has 1 aromatic heterocycles. The summed E-state index contributed by atoms with van der Waals surface area (Å²) in [4.78, 5) is 23.5. The molecule has 0 bridgehead atoms. The van der Waals surface area contributed by atoms with Crippen LogP contribution < -0.4 is 5.01 Å². The number of carboxylic acid groups (broad SMARTS) is 1. The van der Waals surface area contributed by atoms with Gasteiger partial charge in [-0.15, -0.1) is 0 Å². The standard InChI is InChI=1S/C17H16N2O3S/c20-16(21)7-9-23-15-10-14-11-4-1-2-5-12(11)17(22)19(14)18-8-3-6-13(15)18/h1-6,8,14-15H,7,9-10H2,(H,20,21)/t14-,15-/m1/s1. The van der Waals surface area contributed by atoms with E-state index >= 15 is 0 Å². The number of hydrogen-bond donors (Lipinski definition) is 1. The third kappa shape index (κ3) is 2.25. The summed E-state index contributed by atoms with van der Waals surface area (Å²) in [6.45, 7) is 0. The molecule has 0 radical (unpaired) electrons. The molecule has 2 aliphatic rings. The molecule has 3 heterocycles. The first-order valence-corrected chi connectivity index (χ1v) is 8.65. The highest BCUT2D eigenvalue weighted by atomic mass is 32.2. The zero-order chi connectivity index (χ0) is 16.0. The van der Waals surface area contributed by atoms with Crippen molar-refractivity contribution < 1.29 is 14.7 Å². The number of aliphatic carboxylic acids is 1. The van der Waals surface area contributed by atoms with Gasteiger partial charge >= 0.3 is 5.97 Å². The Morgan fingerprint density at radius 1 is 1.26 bits per heavy atom. The monoisotopic (exact) mass is 328 g/mol. The van der Waals surface area contributed by atoms with Gasteiger partial charge in [-0.1, -0.05) is 18.2 Å². The van der Waals surface area contributed by atoms with Gasteiger partial charge in [0, 0.05) is 22.8 Å². The van der Waals surface area contributed by atoms with Gasteiger partial charge in [-0.2, -0.15) is 11.8 Å². The Morgan fingerprint density at radius 2 is 2.09 bits per heavy atom. The molecule has 6 heteroatoms. The molecule has 0 unspecified atom stereocenters. The SMILES string of the molecule is O=C(O)CCS[C@@H]1C[C@@H]2c3ccccc3C(=O)N2n2cccc21. The normalized spacial score (nSPS) is 21.7. The van der Waals surface area contributed by atoms with E-state index in [9.17, 15) is 9.59 Å². The molecule has 0 fully saturated rings. The lowest BCUT2D eigenvalue weighted by Gasteiger charge is -2.37. The molecule has 2 aromatic rings. The van der Waals surface area contributed by atoms with E-state index in [1.54, 1.807) is 11.8 Å². The minimum absolute atomic E-state index is 0.0286. The molecule has 1 N–H and O–H groups in total. The largest absolute Gasteiger partial charge is 0.481 e. The Balaban J connectivity index is 1.68. The third-order valence-corrected chi connectivity index (χ3v) is 5.72. The van der Waals surface area contributed by atoms with Gasteiger partial charge in [0.05, 0.1) is 18.2 Å². The van der Waals surface area contributed by atoms with Gasteiger partial charge in [0.1, 0.15) is 0 Å². The van der Waals surface area contributed by atoms with Gasteiger partial charge < -0.3 is 5.11 Å². The fraction of sp³-hybridized carbons (Fsp3) is 0.294. The van der Waals surface area contributed by atoms with Crippen molar-refractivity contribution >= 4 is 23.6 Å². The van der Waals surface area contributed by atoms with Crippen molar-refractivity contribution in [1.29, 1.82) is 0 Å². The summed E-state index contributed by atoms with van der Waals surface area (Å²) in [5.74, 6) is -0.156. The highest BCUT2D eigenvalue weighted by molar-refractivity contribution is 7.99. The second-order valence-corrected chi connectivity index (χ2v) is 7.08. The second kappa shape index (κ2) is 5.45. The summed E-state index contributed by atoms with van der Waals surface area (Å²) >= 11 is 1.66. The van der Waals surface area contributed by atoms with Crippen LogP contribution in [0.15, 0.2) is 42.6 Å². The quantitative estimate of drug-likeness (QED) is 0.937. The molecule has 2 aliphatic heterocycles. The summed E-state index contributed by atoms with van der Waals surface area (Å²) in [7, 11) is 0. The lowest BCUT2D eigenvalue weighted by molar-refractivity contribution is -0.136. The van der Waals surface area contributed by atoms with Crippen molar-refractivity contribution in [1.82, 2.24) is 4.68 Å². The Hall–Kier alpha value is -2.21. The van der Waals surface area contributed by atoms with Gasteiger partial charge in [-0.05, 0) is 30.2 Å². The zero-order valence-electron chi connectivity index (χ0n) is 12.4. The van der Waals surface area contributed by atoms with Crippen LogP contribution in [-0.2, 0) is 4.79 Å². The second-order valence-electron chi connectivity index (χ2n) is 5.77. The van der Waals surface area contributed by atoms with E-state index in [0.29, 0.717) is 5.75 Å². The van der Waals surface area contributed by atoms with Crippen molar-refractivity contribution in [3.05, 3.63) is 59.4 Å². The van der Waals surface area contributed by atoms with Crippen molar-refractivity contribution in [2.75, 3.05) is 10.8 Å². The Morgan fingerprint density at radius 3 is 2.91 bits per heavy atom. The molecular weight excluding hydrogens is 312 g/mol. The van der Waals surface area contributed by atoms with Gasteiger partial charge in [0.25, 0.3) is 5.91 Å². The van der Waals surface area contributed by atoms with E-state index in [4.69, 9.17) is 5.11 Å². The molecular formula is C17H16N2O3S. The number of carbonyl (C=O) groups is 2. The third-order valence-electron chi connectivity index (χ3n) is 4.45. The van der Waals surface area contributed by atoms with Crippen molar-refractivity contribution in [3.63, 3.8) is 0 Å². The predicted octanol–water partition coefficient (Wildman–Crippen LogP) is 2.97. The number of rotatable bonds is 4. The van der Waals surface area contributed by atoms with Crippen LogP contribution in [0, 0.1) is 0 Å².